The van der Waals surface area contributed by atoms with Crippen LogP contribution in [0, 0.1) is 0 Å². The van der Waals surface area contributed by atoms with E-state index in [0.717, 1.165) is 6.26 Å². The summed E-state index contributed by atoms with van der Waals surface area (Å²) in [6.07, 6.45) is -0.0585. The minimum atomic E-state index is -3.43. The predicted molar refractivity (Wildman–Crippen MR) is 105 cm³/mol. The first-order valence-electron chi connectivity index (χ1n) is 7.80. The van der Waals surface area contributed by atoms with E-state index in [9.17, 15) is 22.4 Å². The molecular weight excluding hydrogens is 488 g/mol. The van der Waals surface area contributed by atoms with Gasteiger partial charge in [0.1, 0.15) is 12.8 Å². The highest BCUT2D eigenvalue weighted by atomic mass is 79.9. The standard InChI is InChI=1S/C16H19BrCl2FNO5S/c1-27(24,25)11-6-4-10(5-7-11)14(20)12(21-16(23)15(18)19)9-26-13(22)3-2-8-17/h4-7,12,14-15H,2-3,8-9H2,1H3,(H,21,23). The zero-order valence-corrected chi connectivity index (χ0v) is 18.2. The Bertz CT molecular complexity index is 746. The molecule has 0 aliphatic carbocycles. The number of halogens is 4. The number of amides is 1. The summed E-state index contributed by atoms with van der Waals surface area (Å²) < 4.78 is 42.9. The maximum atomic E-state index is 14.9. The number of rotatable bonds is 10. The highest BCUT2D eigenvalue weighted by molar-refractivity contribution is 9.09. The molecule has 0 heterocycles. The van der Waals surface area contributed by atoms with Crippen LogP contribution in [0.1, 0.15) is 24.6 Å². The molecule has 11 heteroatoms. The highest BCUT2D eigenvalue weighted by Gasteiger charge is 2.28. The molecule has 2 atom stereocenters. The average molecular weight is 507 g/mol. The van der Waals surface area contributed by atoms with Gasteiger partial charge < -0.3 is 10.1 Å². The van der Waals surface area contributed by atoms with Crippen LogP contribution in [0.3, 0.4) is 0 Å². The highest BCUT2D eigenvalue weighted by Crippen LogP contribution is 2.24. The summed E-state index contributed by atoms with van der Waals surface area (Å²) in [6, 6.07) is 3.83. The van der Waals surface area contributed by atoms with Crippen molar-refractivity contribution in [3.05, 3.63) is 29.8 Å². The van der Waals surface area contributed by atoms with Gasteiger partial charge in [-0.3, -0.25) is 9.59 Å². The lowest BCUT2D eigenvalue weighted by atomic mass is 10.0. The Morgan fingerprint density at radius 2 is 1.85 bits per heavy atom. The van der Waals surface area contributed by atoms with Crippen molar-refractivity contribution in [2.45, 2.75) is 34.8 Å². The summed E-state index contributed by atoms with van der Waals surface area (Å²) in [4.78, 5) is 22.0. The second-order valence-electron chi connectivity index (χ2n) is 5.63. The van der Waals surface area contributed by atoms with Gasteiger partial charge in [0.25, 0.3) is 5.91 Å². The van der Waals surface area contributed by atoms with E-state index in [4.69, 9.17) is 27.9 Å². The summed E-state index contributed by atoms with van der Waals surface area (Å²) in [5, 5.41) is 2.90. The molecule has 0 aliphatic heterocycles. The lowest BCUT2D eigenvalue weighted by molar-refractivity contribution is -0.145. The molecule has 27 heavy (non-hydrogen) atoms. The van der Waals surface area contributed by atoms with Gasteiger partial charge in [0.2, 0.25) is 0 Å². The van der Waals surface area contributed by atoms with E-state index in [1.807, 2.05) is 0 Å². The maximum absolute atomic E-state index is 14.9. The first-order chi connectivity index (χ1) is 12.6. The topological polar surface area (TPSA) is 89.5 Å². The third-order valence-electron chi connectivity index (χ3n) is 3.44. The molecule has 0 bridgehead atoms. The van der Waals surface area contributed by atoms with Crippen LogP contribution >= 0.6 is 39.1 Å². The second-order valence-corrected chi connectivity index (χ2v) is 9.54. The van der Waals surface area contributed by atoms with Crippen molar-refractivity contribution in [2.75, 3.05) is 18.2 Å². The predicted octanol–water partition coefficient (Wildman–Crippen LogP) is 3.11. The number of hydrogen-bond donors (Lipinski definition) is 1. The van der Waals surface area contributed by atoms with Crippen LogP contribution in [0.4, 0.5) is 4.39 Å². The van der Waals surface area contributed by atoms with Gasteiger partial charge in [-0.1, -0.05) is 51.3 Å². The summed E-state index contributed by atoms with van der Waals surface area (Å²) >= 11 is 14.1. The normalized spacial score (nSPS) is 13.9. The van der Waals surface area contributed by atoms with E-state index in [1.54, 1.807) is 0 Å². The molecule has 0 aromatic heterocycles. The molecular formula is C16H19BrCl2FNO5S. The number of ether oxygens (including phenoxy) is 1. The Hall–Kier alpha value is -0.900. The van der Waals surface area contributed by atoms with Crippen molar-refractivity contribution in [1.82, 2.24) is 5.32 Å². The van der Waals surface area contributed by atoms with Crippen molar-refractivity contribution in [3.8, 4) is 0 Å². The van der Waals surface area contributed by atoms with E-state index in [1.165, 1.54) is 24.3 Å². The summed E-state index contributed by atoms with van der Waals surface area (Å²) in [5.41, 5.74) is 0.102. The van der Waals surface area contributed by atoms with E-state index < -0.39 is 45.4 Å². The lowest BCUT2D eigenvalue weighted by Gasteiger charge is -2.23. The number of sulfone groups is 1. The van der Waals surface area contributed by atoms with Crippen LogP contribution in [0.25, 0.3) is 0 Å². The first-order valence-corrected chi connectivity index (χ1v) is 11.7. The fourth-order valence-corrected chi connectivity index (χ4v) is 3.08. The zero-order chi connectivity index (χ0) is 20.6. The van der Waals surface area contributed by atoms with Crippen molar-refractivity contribution < 1.29 is 27.1 Å². The number of esters is 1. The molecule has 0 radical (unpaired) electrons. The lowest BCUT2D eigenvalue weighted by Crippen LogP contribution is -2.44. The largest absolute Gasteiger partial charge is 0.463 e. The molecule has 6 nitrogen and oxygen atoms in total. The molecule has 152 valence electrons. The van der Waals surface area contributed by atoms with E-state index in [0.29, 0.717) is 11.8 Å². The molecule has 0 saturated carbocycles. The van der Waals surface area contributed by atoms with Crippen LogP contribution in [0.5, 0.6) is 0 Å². The molecule has 0 fully saturated rings. The molecule has 0 aliphatic rings. The monoisotopic (exact) mass is 505 g/mol. The Labute approximate surface area is 175 Å². The molecule has 1 rings (SSSR count). The van der Waals surface area contributed by atoms with Crippen LogP contribution < -0.4 is 5.32 Å². The van der Waals surface area contributed by atoms with Gasteiger partial charge in [-0.15, -0.1) is 0 Å². The van der Waals surface area contributed by atoms with Gasteiger partial charge in [0.05, 0.1) is 10.9 Å². The first kappa shape index (κ1) is 24.1. The quantitative estimate of drug-likeness (QED) is 0.389. The third kappa shape index (κ3) is 8.33. The van der Waals surface area contributed by atoms with E-state index in [2.05, 4.69) is 21.2 Å². The molecule has 1 N–H and O–H groups in total. The Morgan fingerprint density at radius 3 is 2.33 bits per heavy atom. The number of benzene rings is 1. The molecule has 1 amide bonds. The molecule has 0 saturated heterocycles. The van der Waals surface area contributed by atoms with E-state index in [-0.39, 0.29) is 16.9 Å². The molecule has 1 aromatic rings. The van der Waals surface area contributed by atoms with Gasteiger partial charge in [0.15, 0.2) is 14.7 Å². The summed E-state index contributed by atoms with van der Waals surface area (Å²) in [5.74, 6) is -1.38. The molecule has 2 unspecified atom stereocenters. The SMILES string of the molecule is CS(=O)(=O)c1ccc(C(F)C(COC(=O)CCCBr)NC(=O)C(Cl)Cl)cc1. The summed E-state index contributed by atoms with van der Waals surface area (Å²) in [7, 11) is -3.43. The number of hydrogen-bond acceptors (Lipinski definition) is 5. The fourth-order valence-electron chi connectivity index (χ4n) is 2.04. The van der Waals surface area contributed by atoms with Crippen molar-refractivity contribution in [3.63, 3.8) is 0 Å². The smallest absolute Gasteiger partial charge is 0.305 e. The van der Waals surface area contributed by atoms with Crippen molar-refractivity contribution >= 4 is 60.8 Å². The maximum Gasteiger partial charge on any atom is 0.305 e. The zero-order valence-electron chi connectivity index (χ0n) is 14.3. The van der Waals surface area contributed by atoms with Crippen LogP contribution in [0.2, 0.25) is 0 Å². The van der Waals surface area contributed by atoms with Gasteiger partial charge in [-0.05, 0) is 24.1 Å². The number of nitrogens with one attached hydrogen (secondary N) is 1. The minimum absolute atomic E-state index is 0.0295. The van der Waals surface area contributed by atoms with Gasteiger partial charge in [-0.25, -0.2) is 12.8 Å². The van der Waals surface area contributed by atoms with E-state index >= 15 is 0 Å². The van der Waals surface area contributed by atoms with Gasteiger partial charge in [-0.2, -0.15) is 0 Å². The Balaban J connectivity index is 2.92. The average Bonchev–Trinajstić information content (AvgIpc) is 2.61. The van der Waals surface area contributed by atoms with Gasteiger partial charge >= 0.3 is 5.97 Å². The van der Waals surface area contributed by atoms with Crippen LogP contribution in [-0.4, -0.2) is 49.4 Å². The van der Waals surface area contributed by atoms with Gasteiger partial charge in [0, 0.05) is 18.0 Å². The Kier molecular flexibility index (Phi) is 10.0. The minimum Gasteiger partial charge on any atom is -0.463 e. The van der Waals surface area contributed by atoms with Crippen LogP contribution in [0.15, 0.2) is 29.2 Å². The summed E-state index contributed by atoms with van der Waals surface area (Å²) in [6.45, 7) is -0.428. The number of carbonyl (C=O) groups is 2. The Morgan fingerprint density at radius 1 is 1.26 bits per heavy atom. The second kappa shape index (κ2) is 11.2. The van der Waals surface area contributed by atoms with Crippen molar-refractivity contribution in [1.29, 1.82) is 0 Å². The number of carbonyl (C=O) groups excluding carboxylic acids is 2. The number of alkyl halides is 4. The molecule has 1 aromatic carbocycles. The molecule has 0 spiro atoms. The third-order valence-corrected chi connectivity index (χ3v) is 5.53. The van der Waals surface area contributed by atoms with Crippen molar-refractivity contribution in [2.24, 2.45) is 0 Å². The van der Waals surface area contributed by atoms with Crippen LogP contribution in [-0.2, 0) is 24.2 Å². The fraction of sp³-hybridized carbons (Fsp3) is 0.500.